The Morgan fingerprint density at radius 1 is 1.24 bits per heavy atom. The molecule has 2 rings (SSSR count). The molecule has 2 nitrogen and oxygen atoms in total. The van der Waals surface area contributed by atoms with Gasteiger partial charge in [0.25, 0.3) is 0 Å². The van der Waals surface area contributed by atoms with Crippen LogP contribution in [0.2, 0.25) is 5.02 Å². The molecule has 0 aliphatic rings. The van der Waals surface area contributed by atoms with Gasteiger partial charge < -0.3 is 4.74 Å². The second kappa shape index (κ2) is 5.85. The Bertz CT molecular complexity index is 534. The van der Waals surface area contributed by atoms with Crippen LogP contribution in [0, 0.1) is 0 Å². The van der Waals surface area contributed by atoms with Crippen LogP contribution in [-0.4, -0.2) is 4.98 Å². The van der Waals surface area contributed by atoms with E-state index in [0.717, 1.165) is 14.5 Å². The first kappa shape index (κ1) is 12.9. The second-order valence-corrected chi connectivity index (χ2v) is 5.50. The van der Waals surface area contributed by atoms with Gasteiger partial charge in [0.05, 0.1) is 0 Å². The highest BCUT2D eigenvalue weighted by atomic mass is 79.9. The van der Waals surface area contributed by atoms with Crippen LogP contribution < -0.4 is 4.74 Å². The number of pyridine rings is 1. The molecule has 17 heavy (non-hydrogen) atoms. The molecule has 0 N–H and O–H groups in total. The van der Waals surface area contributed by atoms with Crippen molar-refractivity contribution in [2.75, 3.05) is 0 Å². The van der Waals surface area contributed by atoms with Crippen molar-refractivity contribution in [2.24, 2.45) is 0 Å². The fourth-order valence-corrected chi connectivity index (χ4v) is 2.35. The van der Waals surface area contributed by atoms with E-state index in [9.17, 15) is 0 Å². The summed E-state index contributed by atoms with van der Waals surface area (Å²) in [5.74, 6) is 0.436. The normalized spacial score (nSPS) is 10.3. The van der Waals surface area contributed by atoms with Crippen molar-refractivity contribution >= 4 is 43.5 Å². The number of hydrogen-bond donors (Lipinski definition) is 0. The van der Waals surface area contributed by atoms with Crippen LogP contribution >= 0.6 is 43.5 Å². The summed E-state index contributed by atoms with van der Waals surface area (Å²) >= 11 is 12.8. The largest absolute Gasteiger partial charge is 0.472 e. The van der Waals surface area contributed by atoms with Crippen LogP contribution in [0.15, 0.2) is 45.5 Å². The zero-order chi connectivity index (χ0) is 12.3. The lowest BCUT2D eigenvalue weighted by molar-refractivity contribution is 0.293. The number of rotatable bonds is 3. The molecule has 0 saturated carbocycles. The highest BCUT2D eigenvalue weighted by molar-refractivity contribution is 9.10. The monoisotopic (exact) mass is 375 g/mol. The van der Waals surface area contributed by atoms with E-state index in [0.29, 0.717) is 17.5 Å². The number of halogens is 3. The van der Waals surface area contributed by atoms with Crippen LogP contribution in [0.25, 0.3) is 0 Å². The summed E-state index contributed by atoms with van der Waals surface area (Å²) in [6.07, 6.45) is 1.65. The Morgan fingerprint density at radius 2 is 2.00 bits per heavy atom. The summed E-state index contributed by atoms with van der Waals surface area (Å²) in [4.78, 5) is 4.11. The Hall–Kier alpha value is -0.580. The van der Waals surface area contributed by atoms with Gasteiger partial charge >= 0.3 is 0 Å². The molecule has 0 amide bonds. The van der Waals surface area contributed by atoms with Crippen LogP contribution in [0.5, 0.6) is 5.88 Å². The molecular formula is C12H8Br2ClNO. The number of hydrogen-bond acceptors (Lipinski definition) is 2. The van der Waals surface area contributed by atoms with Crippen LogP contribution in [-0.2, 0) is 6.61 Å². The number of nitrogens with zero attached hydrogens (tertiary/aromatic N) is 1. The van der Waals surface area contributed by atoms with Gasteiger partial charge in [-0.05, 0) is 28.1 Å². The van der Waals surface area contributed by atoms with E-state index >= 15 is 0 Å². The fraction of sp³-hybridized carbons (Fsp3) is 0.0833. The van der Waals surface area contributed by atoms with Crippen molar-refractivity contribution in [3.63, 3.8) is 0 Å². The molecule has 1 heterocycles. The Labute approximate surface area is 121 Å². The van der Waals surface area contributed by atoms with Crippen molar-refractivity contribution in [2.45, 2.75) is 6.61 Å². The molecule has 0 saturated heterocycles. The molecule has 5 heteroatoms. The van der Waals surface area contributed by atoms with Crippen molar-refractivity contribution in [1.82, 2.24) is 4.98 Å². The predicted octanol–water partition coefficient (Wildman–Crippen LogP) is 4.84. The van der Waals surface area contributed by atoms with Gasteiger partial charge in [0.15, 0.2) is 0 Å². The summed E-state index contributed by atoms with van der Waals surface area (Å²) in [5.41, 5.74) is 1.05. The molecule has 0 bridgehead atoms. The molecule has 0 aliphatic heterocycles. The smallest absolute Gasteiger partial charge is 0.232 e. The van der Waals surface area contributed by atoms with Gasteiger partial charge in [-0.25, -0.2) is 4.98 Å². The molecule has 1 aromatic heterocycles. The Kier molecular flexibility index (Phi) is 4.42. The van der Waals surface area contributed by atoms with Gasteiger partial charge in [-0.15, -0.1) is 0 Å². The number of aromatic nitrogens is 1. The summed E-state index contributed by atoms with van der Waals surface area (Å²) < 4.78 is 7.40. The molecule has 0 spiro atoms. The molecule has 0 unspecified atom stereocenters. The third-order valence-electron chi connectivity index (χ3n) is 2.10. The van der Waals surface area contributed by atoms with Gasteiger partial charge in [-0.2, -0.15) is 0 Å². The zero-order valence-electron chi connectivity index (χ0n) is 8.66. The Balaban J connectivity index is 2.10. The van der Waals surface area contributed by atoms with E-state index in [2.05, 4.69) is 36.8 Å². The van der Waals surface area contributed by atoms with Crippen molar-refractivity contribution in [3.05, 3.63) is 56.1 Å². The van der Waals surface area contributed by atoms with Crippen LogP contribution in [0.3, 0.4) is 0 Å². The van der Waals surface area contributed by atoms with Crippen molar-refractivity contribution in [3.8, 4) is 5.88 Å². The molecule has 0 radical (unpaired) electrons. The minimum atomic E-state index is 0.426. The first-order valence-electron chi connectivity index (χ1n) is 4.84. The number of benzene rings is 1. The highest BCUT2D eigenvalue weighted by Gasteiger charge is 2.05. The molecule has 88 valence electrons. The third-order valence-corrected chi connectivity index (χ3v) is 3.57. The first-order valence-corrected chi connectivity index (χ1v) is 6.80. The van der Waals surface area contributed by atoms with Crippen molar-refractivity contribution < 1.29 is 4.74 Å². The average Bonchev–Trinajstić information content (AvgIpc) is 2.30. The maximum atomic E-state index is 6.01. The SMILES string of the molecule is Clc1cc(Br)cnc1OCc1ccccc1Br. The van der Waals surface area contributed by atoms with E-state index in [-0.39, 0.29) is 0 Å². The quantitative estimate of drug-likeness (QED) is 0.764. The minimum absolute atomic E-state index is 0.426. The van der Waals surface area contributed by atoms with E-state index in [4.69, 9.17) is 16.3 Å². The Morgan fingerprint density at radius 3 is 2.71 bits per heavy atom. The predicted molar refractivity (Wildman–Crippen MR) is 75.4 cm³/mol. The topological polar surface area (TPSA) is 22.1 Å². The molecule has 0 fully saturated rings. The summed E-state index contributed by atoms with van der Waals surface area (Å²) in [5, 5.41) is 0.492. The lowest BCUT2D eigenvalue weighted by Crippen LogP contribution is -1.98. The summed E-state index contributed by atoms with van der Waals surface area (Å²) in [6, 6.07) is 9.62. The van der Waals surface area contributed by atoms with Crippen molar-refractivity contribution in [1.29, 1.82) is 0 Å². The standard InChI is InChI=1S/C12H8Br2ClNO/c13-9-5-11(15)12(16-6-9)17-7-8-3-1-2-4-10(8)14/h1-6H,7H2. The number of ether oxygens (including phenoxy) is 1. The van der Waals surface area contributed by atoms with Gasteiger partial charge in [0, 0.05) is 20.7 Å². The summed E-state index contributed by atoms with van der Waals surface area (Å²) in [6.45, 7) is 0.426. The van der Waals surface area contributed by atoms with Crippen LogP contribution in [0.4, 0.5) is 0 Å². The fourth-order valence-electron chi connectivity index (χ4n) is 1.27. The first-order chi connectivity index (χ1) is 8.16. The summed E-state index contributed by atoms with van der Waals surface area (Å²) in [7, 11) is 0. The zero-order valence-corrected chi connectivity index (χ0v) is 12.6. The second-order valence-electron chi connectivity index (χ2n) is 3.32. The van der Waals surface area contributed by atoms with E-state index < -0.39 is 0 Å². The molecular weight excluding hydrogens is 369 g/mol. The third kappa shape index (κ3) is 3.44. The maximum absolute atomic E-state index is 6.01. The van der Waals surface area contributed by atoms with Gasteiger partial charge in [0.1, 0.15) is 11.6 Å². The van der Waals surface area contributed by atoms with Gasteiger partial charge in [-0.3, -0.25) is 0 Å². The lowest BCUT2D eigenvalue weighted by Gasteiger charge is -2.08. The average molecular weight is 377 g/mol. The molecule has 1 aromatic carbocycles. The van der Waals surface area contributed by atoms with E-state index in [1.807, 2.05) is 24.3 Å². The van der Waals surface area contributed by atoms with E-state index in [1.54, 1.807) is 12.3 Å². The molecule has 0 atom stereocenters. The van der Waals surface area contributed by atoms with Gasteiger partial charge in [-0.1, -0.05) is 45.7 Å². The highest BCUT2D eigenvalue weighted by Crippen LogP contribution is 2.26. The maximum Gasteiger partial charge on any atom is 0.232 e. The van der Waals surface area contributed by atoms with Crippen LogP contribution in [0.1, 0.15) is 5.56 Å². The minimum Gasteiger partial charge on any atom is -0.472 e. The lowest BCUT2D eigenvalue weighted by atomic mass is 10.2. The van der Waals surface area contributed by atoms with Gasteiger partial charge in [0.2, 0.25) is 5.88 Å². The molecule has 2 aromatic rings. The molecule has 0 aliphatic carbocycles. The van der Waals surface area contributed by atoms with E-state index in [1.165, 1.54) is 0 Å².